The molecule has 6 fully saturated rings. The number of anilines is 2. The summed E-state index contributed by atoms with van der Waals surface area (Å²) < 4.78 is 52.6. The first kappa shape index (κ1) is 44.9. The van der Waals surface area contributed by atoms with Crippen molar-refractivity contribution >= 4 is 53.9 Å². The maximum atomic E-state index is 14.0. The van der Waals surface area contributed by atoms with Gasteiger partial charge in [-0.15, -0.1) is 0 Å². The van der Waals surface area contributed by atoms with Crippen molar-refractivity contribution in [2.24, 2.45) is 21.6 Å². The SMILES string of the molecule is CS(C)(=O)=NC1CCC(CNc2ncc(S(=O)(=O)NC(=O)c3ccc(N4CCC5(CC4)CC(N4CCC6CC64c4ccccc4C4CC4)C5)cc3Oc3cnc4[nH]ccc4c3)cc2[N+](=O)[O-])CC1. The Morgan fingerprint density at radius 1 is 0.926 bits per heavy atom. The highest BCUT2D eigenvalue weighted by Crippen LogP contribution is 2.67. The van der Waals surface area contributed by atoms with Crippen LogP contribution in [0.15, 0.2) is 88.5 Å². The summed E-state index contributed by atoms with van der Waals surface area (Å²) in [5.74, 6) is 1.18. The van der Waals surface area contributed by atoms with Gasteiger partial charge >= 0.3 is 5.69 Å². The number of rotatable bonds is 14. The van der Waals surface area contributed by atoms with Crippen LogP contribution < -0.4 is 19.7 Å². The van der Waals surface area contributed by atoms with E-state index >= 15 is 0 Å². The second-order valence-electron chi connectivity index (χ2n) is 20.7. The van der Waals surface area contributed by atoms with Crippen molar-refractivity contribution in [1.29, 1.82) is 0 Å². The fourth-order valence-electron chi connectivity index (χ4n) is 12.2. The molecule has 18 heteroatoms. The molecule has 0 radical (unpaired) electrons. The minimum atomic E-state index is -4.64. The topological polar surface area (TPSA) is 205 Å². The van der Waals surface area contributed by atoms with Crippen molar-refractivity contribution in [3.8, 4) is 11.5 Å². The number of carbonyl (C=O) groups is 1. The lowest BCUT2D eigenvalue weighted by molar-refractivity contribution is -0.384. The highest BCUT2D eigenvalue weighted by Gasteiger charge is 2.67. The van der Waals surface area contributed by atoms with E-state index in [4.69, 9.17) is 4.74 Å². The van der Waals surface area contributed by atoms with Gasteiger partial charge < -0.3 is 19.9 Å². The number of nitrogens with one attached hydrogen (secondary N) is 3. The second kappa shape index (κ2) is 17.1. The molecule has 2 unspecified atom stereocenters. The normalized spacial score (nSPS) is 24.9. The molecule has 2 saturated heterocycles. The Hall–Kier alpha value is -5.59. The molecule has 4 aliphatic carbocycles. The number of nitrogens with zero attached hydrogens (tertiary/aromatic N) is 6. The third kappa shape index (κ3) is 8.72. The number of H-pyrrole nitrogens is 1. The number of hydrogen-bond acceptors (Lipinski definition) is 13. The number of aromatic amines is 1. The molecular weight excluding hydrogens is 903 g/mol. The summed E-state index contributed by atoms with van der Waals surface area (Å²) in [5.41, 5.74) is 4.71. The van der Waals surface area contributed by atoms with Gasteiger partial charge in [-0.3, -0.25) is 24.0 Å². The van der Waals surface area contributed by atoms with Crippen LogP contribution in [-0.4, -0.2) is 94.1 Å². The lowest BCUT2D eigenvalue weighted by atomic mass is 9.59. The van der Waals surface area contributed by atoms with Gasteiger partial charge in [-0.25, -0.2) is 27.5 Å². The standard InChI is InChI=1S/C50H59N9O7S2/c1-67(2,63)55-36-11-7-32(8-12-36)29-52-47-44(59(61)62)25-40(31-54-47)68(64,65)56-48(60)42-14-13-37(24-45(42)66-39-23-34-15-19-51-46(34)53-30-39)57-21-17-49(18-22-57)27-38(28-49)58-20-16-35-26-50(35,58)43-6-4-3-5-41(43)33-9-10-33/h3-6,13-15,19,23-25,30-33,35-36,38H,7-12,16-18,20-22,26-29H2,1-2H3,(H,51,53)(H,52,54)(H,56,60). The van der Waals surface area contributed by atoms with Gasteiger partial charge in [-0.1, -0.05) is 24.3 Å². The summed E-state index contributed by atoms with van der Waals surface area (Å²) in [6.07, 6.45) is 20.5. The number of pyridine rings is 2. The predicted octanol–water partition coefficient (Wildman–Crippen LogP) is 8.72. The van der Waals surface area contributed by atoms with Crippen LogP contribution in [0.1, 0.15) is 104 Å². The van der Waals surface area contributed by atoms with E-state index in [1.807, 2.05) is 12.1 Å². The van der Waals surface area contributed by atoms with Gasteiger partial charge in [0.05, 0.1) is 28.9 Å². The summed E-state index contributed by atoms with van der Waals surface area (Å²) in [7, 11) is -6.84. The molecule has 1 amide bonds. The lowest BCUT2D eigenvalue weighted by Crippen LogP contribution is -2.56. The summed E-state index contributed by atoms with van der Waals surface area (Å²) >= 11 is 0. The minimum absolute atomic E-state index is 0.0231. The quantitative estimate of drug-likeness (QED) is 0.0706. The van der Waals surface area contributed by atoms with Crippen molar-refractivity contribution in [2.45, 2.75) is 105 Å². The van der Waals surface area contributed by atoms with E-state index in [0.717, 1.165) is 86.8 Å². The lowest BCUT2D eigenvalue weighted by Gasteiger charge is -2.56. The molecule has 3 N–H and O–H groups in total. The predicted molar refractivity (Wildman–Crippen MR) is 261 cm³/mol. The van der Waals surface area contributed by atoms with E-state index in [9.17, 15) is 27.5 Å². The maximum absolute atomic E-state index is 14.0. The Balaban J connectivity index is 0.773. The largest absolute Gasteiger partial charge is 0.455 e. The molecule has 358 valence electrons. The van der Waals surface area contributed by atoms with Crippen molar-refractivity contribution in [3.63, 3.8) is 0 Å². The number of amides is 1. The summed E-state index contributed by atoms with van der Waals surface area (Å²) in [6, 6.07) is 19.6. The van der Waals surface area contributed by atoms with Gasteiger partial charge in [0, 0.05) is 82.9 Å². The first-order valence-corrected chi connectivity index (χ1v) is 27.9. The van der Waals surface area contributed by atoms with E-state index < -0.39 is 41.2 Å². The van der Waals surface area contributed by atoms with Gasteiger partial charge in [0.25, 0.3) is 15.9 Å². The zero-order valence-corrected chi connectivity index (χ0v) is 40.2. The molecular formula is C50H59N9O7S2. The molecule has 16 nitrogen and oxygen atoms in total. The Morgan fingerprint density at radius 3 is 2.44 bits per heavy atom. The Labute approximate surface area is 397 Å². The van der Waals surface area contributed by atoms with Crippen molar-refractivity contribution < 1.29 is 27.1 Å². The molecule has 5 aromatic rings. The Morgan fingerprint density at radius 2 is 1.71 bits per heavy atom. The third-order valence-electron chi connectivity index (χ3n) is 15.9. The average molecular weight is 962 g/mol. The van der Waals surface area contributed by atoms with Crippen LogP contribution in [0.2, 0.25) is 0 Å². The first-order valence-electron chi connectivity index (χ1n) is 24.1. The molecule has 2 atom stereocenters. The van der Waals surface area contributed by atoms with E-state index in [0.29, 0.717) is 29.4 Å². The van der Waals surface area contributed by atoms with Crippen LogP contribution in [0.25, 0.3) is 11.0 Å². The molecule has 1 spiro atoms. The smallest absolute Gasteiger partial charge is 0.312 e. The van der Waals surface area contributed by atoms with Gasteiger partial charge in [0.2, 0.25) is 5.82 Å². The first-order chi connectivity index (χ1) is 32.7. The number of aromatic nitrogens is 3. The van der Waals surface area contributed by atoms with E-state index in [-0.39, 0.29) is 34.6 Å². The van der Waals surface area contributed by atoms with Gasteiger partial charge in [0.1, 0.15) is 22.0 Å². The number of fused-ring (bicyclic) bond motifs is 2. The molecule has 2 aromatic carbocycles. The third-order valence-corrected chi connectivity index (χ3v) is 18.0. The van der Waals surface area contributed by atoms with Crippen LogP contribution in [0.4, 0.5) is 17.2 Å². The number of piperidine rings is 2. The molecule has 4 saturated carbocycles. The van der Waals surface area contributed by atoms with Gasteiger partial charge in [-0.05, 0) is 142 Å². The highest BCUT2D eigenvalue weighted by atomic mass is 32.2. The second-order valence-corrected chi connectivity index (χ2v) is 24.9. The Kier molecular flexibility index (Phi) is 11.3. The fourth-order valence-corrected chi connectivity index (χ4v) is 14.0. The Bertz CT molecular complexity index is 3030. The molecule has 68 heavy (non-hydrogen) atoms. The number of hydrogen-bond donors (Lipinski definition) is 3. The molecule has 3 aromatic heterocycles. The van der Waals surface area contributed by atoms with Crippen LogP contribution in [0.5, 0.6) is 11.5 Å². The summed E-state index contributed by atoms with van der Waals surface area (Å²) in [6.45, 7) is 3.27. The van der Waals surface area contributed by atoms with E-state index in [1.165, 1.54) is 51.3 Å². The average Bonchev–Trinajstić information content (AvgIpc) is 4.21. The van der Waals surface area contributed by atoms with E-state index in [2.05, 4.69) is 63.4 Å². The van der Waals surface area contributed by atoms with E-state index in [1.54, 1.807) is 48.0 Å². The minimum Gasteiger partial charge on any atom is -0.455 e. The van der Waals surface area contributed by atoms with Crippen LogP contribution in [-0.2, 0) is 25.3 Å². The molecule has 0 bridgehead atoms. The monoisotopic (exact) mass is 961 g/mol. The number of benzene rings is 2. The van der Waals surface area contributed by atoms with Gasteiger partial charge in [0.15, 0.2) is 0 Å². The molecule has 6 aliphatic rings. The maximum Gasteiger partial charge on any atom is 0.312 e. The summed E-state index contributed by atoms with van der Waals surface area (Å²) in [5, 5.41) is 16.1. The number of ether oxygens (including phenoxy) is 1. The van der Waals surface area contributed by atoms with Crippen LogP contribution in [0, 0.1) is 27.4 Å². The van der Waals surface area contributed by atoms with Gasteiger partial charge in [-0.2, -0.15) is 0 Å². The number of nitro groups is 1. The number of sulfonamides is 1. The van der Waals surface area contributed by atoms with Crippen molar-refractivity contribution in [3.05, 3.63) is 106 Å². The van der Waals surface area contributed by atoms with Crippen molar-refractivity contribution in [1.82, 2.24) is 24.6 Å². The molecule has 5 heterocycles. The van der Waals surface area contributed by atoms with Crippen LogP contribution in [0.3, 0.4) is 0 Å². The fraction of sp³-hybridized carbons (Fsp3) is 0.500. The van der Waals surface area contributed by atoms with Crippen molar-refractivity contribution in [2.75, 3.05) is 48.9 Å². The number of carbonyl (C=O) groups excluding carboxylic acids is 1. The van der Waals surface area contributed by atoms with Crippen LogP contribution >= 0.6 is 0 Å². The summed E-state index contributed by atoms with van der Waals surface area (Å²) in [4.78, 5) is 41.9. The zero-order valence-electron chi connectivity index (χ0n) is 38.6. The number of likely N-dealkylation sites (tertiary alicyclic amines) is 1. The molecule has 11 rings (SSSR count). The highest BCUT2D eigenvalue weighted by molar-refractivity contribution is 7.92. The molecule has 2 aliphatic heterocycles. The zero-order chi connectivity index (χ0) is 47.0.